The Kier molecular flexibility index (Phi) is 6.93. The molecule has 11 nitrogen and oxygen atoms in total. The van der Waals surface area contributed by atoms with Crippen LogP contribution in [0.4, 0.5) is 0 Å². The molecule has 0 spiro atoms. The van der Waals surface area contributed by atoms with Crippen molar-refractivity contribution in [1.82, 2.24) is 35.4 Å². The third-order valence-corrected chi connectivity index (χ3v) is 6.16. The minimum Gasteiger partial charge on any atom is -0.455 e. The lowest BCUT2D eigenvalue weighted by atomic mass is 10.4. The summed E-state index contributed by atoms with van der Waals surface area (Å²) >= 11 is 5.49. The fourth-order valence-corrected chi connectivity index (χ4v) is 3.71. The smallest absolute Gasteiger partial charge is 0.455 e. The fraction of sp³-hybridized carbons (Fsp3) is 0.636. The quantitative estimate of drug-likeness (QED) is 0.538. The maximum absolute atomic E-state index is 5.49. The van der Waals surface area contributed by atoms with Crippen molar-refractivity contribution in [3.05, 3.63) is 17.2 Å². The molecule has 0 atom stereocenters. The van der Waals surface area contributed by atoms with E-state index in [2.05, 4.69) is 30.7 Å². The molecule has 0 N–H and O–H groups in total. The standard InChI is InChI=1S/C11H18ClN7O4Si/c1-20-24(21-2,22-3)6-4-5-19-7-9(13-18-19)8-23-11-16-14-10(12)15-17-11/h7H,4-6,8H2,1-3H3. The molecule has 2 aromatic rings. The molecule has 0 aromatic carbocycles. The van der Waals surface area contributed by atoms with E-state index >= 15 is 0 Å². The van der Waals surface area contributed by atoms with E-state index in [0.29, 0.717) is 18.3 Å². The summed E-state index contributed by atoms with van der Waals surface area (Å²) in [6.45, 7) is 0.802. The number of ether oxygens (including phenoxy) is 1. The zero-order valence-corrected chi connectivity index (χ0v) is 15.3. The van der Waals surface area contributed by atoms with Crippen LogP contribution in [0.25, 0.3) is 0 Å². The van der Waals surface area contributed by atoms with Crippen LogP contribution in [0.3, 0.4) is 0 Å². The lowest BCUT2D eigenvalue weighted by molar-refractivity contribution is 0.122. The van der Waals surface area contributed by atoms with Gasteiger partial charge in [0.15, 0.2) is 0 Å². The second-order valence-corrected chi connectivity index (χ2v) is 8.04. The van der Waals surface area contributed by atoms with E-state index in [1.54, 1.807) is 32.2 Å². The number of aryl methyl sites for hydroxylation is 1. The minimum absolute atomic E-state index is 0.0185. The van der Waals surface area contributed by atoms with E-state index in [0.717, 1.165) is 6.42 Å². The summed E-state index contributed by atoms with van der Waals surface area (Å²) in [5.41, 5.74) is 0.627. The molecule has 2 aromatic heterocycles. The molecule has 0 unspecified atom stereocenters. The lowest BCUT2D eigenvalue weighted by Crippen LogP contribution is -2.42. The molecule has 13 heteroatoms. The molecular weight excluding hydrogens is 358 g/mol. The molecule has 0 fully saturated rings. The van der Waals surface area contributed by atoms with Gasteiger partial charge in [0.2, 0.25) is 0 Å². The molecule has 0 bridgehead atoms. The van der Waals surface area contributed by atoms with E-state index in [-0.39, 0.29) is 17.9 Å². The van der Waals surface area contributed by atoms with Gasteiger partial charge in [-0.2, -0.15) is 0 Å². The SMILES string of the molecule is CO[Si](CCCn1cc(COc2nnc(Cl)nn2)nn1)(OC)OC. The van der Waals surface area contributed by atoms with Gasteiger partial charge in [-0.25, -0.2) is 0 Å². The molecule has 0 aliphatic carbocycles. The Morgan fingerprint density at radius 2 is 1.71 bits per heavy atom. The fourth-order valence-electron chi connectivity index (χ4n) is 1.93. The van der Waals surface area contributed by atoms with Crippen LogP contribution in [0.5, 0.6) is 6.01 Å². The first kappa shape index (κ1) is 18.6. The largest absolute Gasteiger partial charge is 0.500 e. The highest BCUT2D eigenvalue weighted by molar-refractivity contribution is 6.60. The third-order valence-electron chi connectivity index (χ3n) is 3.17. The van der Waals surface area contributed by atoms with Gasteiger partial charge in [-0.3, -0.25) is 4.68 Å². The summed E-state index contributed by atoms with van der Waals surface area (Å²) in [7, 11) is 2.21. The van der Waals surface area contributed by atoms with Gasteiger partial charge in [-0.15, -0.1) is 15.3 Å². The van der Waals surface area contributed by atoms with Crippen LogP contribution in [0.2, 0.25) is 11.3 Å². The maximum atomic E-state index is 5.49. The molecule has 0 saturated carbocycles. The molecule has 2 heterocycles. The predicted octanol–water partition coefficient (Wildman–Crippen LogP) is 0.359. The van der Waals surface area contributed by atoms with Crippen LogP contribution in [-0.4, -0.2) is 65.5 Å². The van der Waals surface area contributed by atoms with E-state index in [9.17, 15) is 0 Å². The molecular formula is C11H18ClN7O4Si. The van der Waals surface area contributed by atoms with Crippen molar-refractivity contribution in [3.8, 4) is 6.01 Å². The molecule has 2 rings (SSSR count). The van der Waals surface area contributed by atoms with Gasteiger partial charge >= 0.3 is 14.8 Å². The van der Waals surface area contributed by atoms with E-state index < -0.39 is 8.80 Å². The van der Waals surface area contributed by atoms with Crippen molar-refractivity contribution in [2.24, 2.45) is 0 Å². The zero-order valence-electron chi connectivity index (χ0n) is 13.5. The molecule has 0 saturated heterocycles. The predicted molar refractivity (Wildman–Crippen MR) is 83.2 cm³/mol. The summed E-state index contributed by atoms with van der Waals surface area (Å²) < 4.78 is 23.1. The highest BCUT2D eigenvalue weighted by atomic mass is 35.5. The van der Waals surface area contributed by atoms with Gasteiger partial charge in [0.05, 0.1) is 6.20 Å². The third kappa shape index (κ3) is 5.14. The summed E-state index contributed by atoms with van der Waals surface area (Å²) in [5, 5.41) is 22.3. The van der Waals surface area contributed by atoms with Gasteiger partial charge < -0.3 is 18.0 Å². The number of aromatic nitrogens is 7. The van der Waals surface area contributed by atoms with Crippen molar-refractivity contribution in [2.45, 2.75) is 25.6 Å². The Morgan fingerprint density at radius 1 is 1.04 bits per heavy atom. The first-order valence-electron chi connectivity index (χ1n) is 7.01. The van der Waals surface area contributed by atoms with Crippen molar-refractivity contribution >= 4 is 20.4 Å². The van der Waals surface area contributed by atoms with E-state index in [1.165, 1.54) is 0 Å². The molecule has 132 valence electrons. The second kappa shape index (κ2) is 8.94. The minimum atomic E-state index is -2.56. The number of nitrogens with zero attached hydrogens (tertiary/aromatic N) is 7. The Hall–Kier alpha value is -1.73. The van der Waals surface area contributed by atoms with Crippen molar-refractivity contribution in [2.75, 3.05) is 21.3 Å². The van der Waals surface area contributed by atoms with Crippen LogP contribution in [0.15, 0.2) is 6.20 Å². The Balaban J connectivity index is 1.79. The summed E-state index contributed by atoms with van der Waals surface area (Å²) in [4.78, 5) is 0. The van der Waals surface area contributed by atoms with Crippen LogP contribution in [0, 0.1) is 0 Å². The normalized spacial score (nSPS) is 11.7. The lowest BCUT2D eigenvalue weighted by Gasteiger charge is -2.24. The topological polar surface area (TPSA) is 119 Å². The van der Waals surface area contributed by atoms with Crippen molar-refractivity contribution < 1.29 is 18.0 Å². The molecule has 0 amide bonds. The van der Waals surface area contributed by atoms with Crippen LogP contribution in [-0.2, 0) is 26.4 Å². The van der Waals surface area contributed by atoms with Crippen LogP contribution < -0.4 is 4.74 Å². The van der Waals surface area contributed by atoms with Gasteiger partial charge in [0.1, 0.15) is 12.3 Å². The van der Waals surface area contributed by atoms with E-state index in [1.807, 2.05) is 0 Å². The maximum Gasteiger partial charge on any atom is 0.500 e. The Labute approximate surface area is 144 Å². The number of hydrogen-bond acceptors (Lipinski definition) is 10. The van der Waals surface area contributed by atoms with Gasteiger partial charge in [-0.05, 0) is 18.0 Å². The summed E-state index contributed by atoms with van der Waals surface area (Å²) in [6, 6.07) is 0.697. The van der Waals surface area contributed by atoms with Crippen LogP contribution in [0.1, 0.15) is 12.1 Å². The monoisotopic (exact) mass is 375 g/mol. The van der Waals surface area contributed by atoms with E-state index in [4.69, 9.17) is 29.6 Å². The summed E-state index contributed by atoms with van der Waals surface area (Å²) in [6.07, 6.45) is 2.55. The first-order chi connectivity index (χ1) is 11.6. The van der Waals surface area contributed by atoms with Crippen molar-refractivity contribution in [1.29, 1.82) is 0 Å². The molecule has 0 aliphatic rings. The van der Waals surface area contributed by atoms with Gasteiger partial charge in [0, 0.05) is 33.9 Å². The molecule has 0 aliphatic heterocycles. The summed E-state index contributed by atoms with van der Waals surface area (Å²) in [5.74, 6) is 0. The highest BCUT2D eigenvalue weighted by Crippen LogP contribution is 2.15. The molecule has 24 heavy (non-hydrogen) atoms. The van der Waals surface area contributed by atoms with Gasteiger partial charge in [0.25, 0.3) is 5.28 Å². The first-order valence-corrected chi connectivity index (χ1v) is 9.32. The molecule has 0 radical (unpaired) electrons. The average molecular weight is 376 g/mol. The second-order valence-electron chi connectivity index (χ2n) is 4.61. The Morgan fingerprint density at radius 3 is 2.33 bits per heavy atom. The zero-order chi connectivity index (χ0) is 17.4. The van der Waals surface area contributed by atoms with Crippen molar-refractivity contribution in [3.63, 3.8) is 0 Å². The Bertz CT molecular complexity index is 617. The number of rotatable bonds is 10. The van der Waals surface area contributed by atoms with Gasteiger partial charge in [-0.1, -0.05) is 15.4 Å². The number of hydrogen-bond donors (Lipinski definition) is 0. The van der Waals surface area contributed by atoms with Crippen LogP contribution >= 0.6 is 11.6 Å². The highest BCUT2D eigenvalue weighted by Gasteiger charge is 2.36. The average Bonchev–Trinajstić information content (AvgIpc) is 3.06. The number of halogens is 1.